The number of rotatable bonds is 11. The van der Waals surface area contributed by atoms with E-state index in [1.54, 1.807) is 11.3 Å². The Hall–Kier alpha value is -3.90. The predicted octanol–water partition coefficient (Wildman–Crippen LogP) is 9.95. The van der Waals surface area contributed by atoms with E-state index < -0.39 is 12.0 Å². The van der Waals surface area contributed by atoms with Crippen LogP contribution in [0.25, 0.3) is 10.4 Å². The highest BCUT2D eigenvalue weighted by Gasteiger charge is 2.49. The summed E-state index contributed by atoms with van der Waals surface area (Å²) in [6.07, 6.45) is 0.824. The average molecular weight is 633 g/mol. The molecule has 3 nitrogen and oxygen atoms in total. The summed E-state index contributed by atoms with van der Waals surface area (Å²) in [4.78, 5) is 16.7. The van der Waals surface area contributed by atoms with Gasteiger partial charge >= 0.3 is 0 Å². The molecule has 1 saturated carbocycles. The molecule has 4 aromatic carbocycles. The molecule has 0 amide bonds. The minimum atomic E-state index is -0.442. The van der Waals surface area contributed by atoms with Gasteiger partial charge in [-0.2, -0.15) is 0 Å². The van der Waals surface area contributed by atoms with Crippen LogP contribution in [0.4, 0.5) is 4.39 Å². The van der Waals surface area contributed by atoms with E-state index in [0.717, 1.165) is 40.0 Å². The molecule has 0 spiro atoms. The third-order valence-electron chi connectivity index (χ3n) is 9.37. The number of hydrogen-bond donors (Lipinski definition) is 0. The van der Waals surface area contributed by atoms with Gasteiger partial charge in [0, 0.05) is 22.1 Å². The maximum atomic E-state index is 14.4. The number of ketones is 1. The third-order valence-corrected chi connectivity index (χ3v) is 10.5. The second-order valence-corrected chi connectivity index (χ2v) is 13.6. The molecule has 5 heteroatoms. The smallest absolute Gasteiger partial charge is 0.146 e. The summed E-state index contributed by atoms with van der Waals surface area (Å²) in [6, 6.07) is 37.7. The Balaban J connectivity index is 1.32. The lowest BCUT2D eigenvalue weighted by molar-refractivity contribution is -0.165. The van der Waals surface area contributed by atoms with E-state index in [1.165, 1.54) is 28.1 Å². The van der Waals surface area contributed by atoms with Crippen molar-refractivity contribution < 1.29 is 18.7 Å². The van der Waals surface area contributed by atoms with Gasteiger partial charge in [0.25, 0.3) is 0 Å². The molecule has 1 aliphatic rings. The van der Waals surface area contributed by atoms with E-state index in [4.69, 9.17) is 9.47 Å². The van der Waals surface area contributed by atoms with Gasteiger partial charge in [-0.25, -0.2) is 4.39 Å². The maximum absolute atomic E-state index is 14.4. The van der Waals surface area contributed by atoms with Gasteiger partial charge in [-0.3, -0.25) is 4.79 Å². The Morgan fingerprint density at radius 3 is 2.02 bits per heavy atom. The molecule has 0 radical (unpaired) electrons. The van der Waals surface area contributed by atoms with Gasteiger partial charge in [0.2, 0.25) is 0 Å². The summed E-state index contributed by atoms with van der Waals surface area (Å²) in [6.45, 7) is 7.25. The van der Waals surface area contributed by atoms with Crippen molar-refractivity contribution in [1.82, 2.24) is 0 Å². The summed E-state index contributed by atoms with van der Waals surface area (Å²) in [5, 5.41) is 0. The zero-order valence-corrected chi connectivity index (χ0v) is 27.5. The molecular weight excluding hydrogens is 592 g/mol. The Labute approximate surface area is 276 Å². The van der Waals surface area contributed by atoms with Crippen LogP contribution in [0.1, 0.15) is 58.9 Å². The third kappa shape index (κ3) is 7.23. The molecule has 0 saturated heterocycles. The molecule has 46 heavy (non-hydrogen) atoms. The van der Waals surface area contributed by atoms with Crippen LogP contribution in [-0.4, -0.2) is 18.0 Å². The van der Waals surface area contributed by atoms with Crippen LogP contribution in [0, 0.1) is 24.6 Å². The summed E-state index contributed by atoms with van der Waals surface area (Å²) in [5.41, 5.74) is 6.54. The van der Waals surface area contributed by atoms with Crippen molar-refractivity contribution in [3.05, 3.63) is 154 Å². The molecule has 5 aromatic rings. The Morgan fingerprint density at radius 2 is 1.39 bits per heavy atom. The zero-order valence-electron chi connectivity index (χ0n) is 26.7. The zero-order chi connectivity index (χ0) is 32.0. The fraction of sp³-hybridized carbons (Fsp3) is 0.293. The first-order valence-corrected chi connectivity index (χ1v) is 17.0. The number of aryl methyl sites for hydroxylation is 1. The number of benzene rings is 4. The molecule has 5 atom stereocenters. The SMILES string of the molecule is CC[C@H]1C(=O)C(c2ccc(C)c(Cc3ccc(-c4ccc(F)cc4)s3)c2)[C@H](OCc2ccccc2)[C@@H](OCc2ccccc2)[C@@H]1C. The topological polar surface area (TPSA) is 35.5 Å². The van der Waals surface area contributed by atoms with Crippen molar-refractivity contribution in [2.45, 2.75) is 65.0 Å². The maximum Gasteiger partial charge on any atom is 0.146 e. The average Bonchev–Trinajstić information content (AvgIpc) is 3.54. The molecule has 0 N–H and O–H groups in total. The Bertz CT molecular complexity index is 1730. The van der Waals surface area contributed by atoms with Crippen molar-refractivity contribution >= 4 is 17.1 Å². The number of halogens is 1. The molecule has 1 fully saturated rings. The van der Waals surface area contributed by atoms with Crippen LogP contribution >= 0.6 is 11.3 Å². The lowest BCUT2D eigenvalue weighted by atomic mass is 9.67. The largest absolute Gasteiger partial charge is 0.370 e. The monoisotopic (exact) mass is 632 g/mol. The quantitative estimate of drug-likeness (QED) is 0.145. The highest BCUT2D eigenvalue weighted by atomic mass is 32.1. The minimum Gasteiger partial charge on any atom is -0.370 e. The van der Waals surface area contributed by atoms with Gasteiger partial charge in [0.1, 0.15) is 11.6 Å². The van der Waals surface area contributed by atoms with Gasteiger partial charge < -0.3 is 9.47 Å². The van der Waals surface area contributed by atoms with Crippen LogP contribution in [0.3, 0.4) is 0 Å². The van der Waals surface area contributed by atoms with Crippen LogP contribution in [0.15, 0.2) is 115 Å². The van der Waals surface area contributed by atoms with Crippen LogP contribution < -0.4 is 0 Å². The second-order valence-electron chi connectivity index (χ2n) is 12.4. The van der Waals surface area contributed by atoms with Crippen molar-refractivity contribution in [1.29, 1.82) is 0 Å². The number of hydrogen-bond acceptors (Lipinski definition) is 4. The number of ether oxygens (including phenoxy) is 2. The normalized spacial score (nSPS) is 21.4. The van der Waals surface area contributed by atoms with Gasteiger partial charge in [-0.15, -0.1) is 11.3 Å². The molecule has 1 heterocycles. The Morgan fingerprint density at radius 1 is 0.761 bits per heavy atom. The fourth-order valence-corrected chi connectivity index (χ4v) is 7.81. The fourth-order valence-electron chi connectivity index (χ4n) is 6.77. The number of thiophene rings is 1. The van der Waals surface area contributed by atoms with Crippen LogP contribution in [-0.2, 0) is 33.9 Å². The first kappa shape index (κ1) is 32.1. The summed E-state index contributed by atoms with van der Waals surface area (Å²) in [7, 11) is 0. The molecule has 0 aliphatic heterocycles. The van der Waals surface area contributed by atoms with Gasteiger partial charge in [-0.05, 0) is 76.9 Å². The molecule has 1 unspecified atom stereocenters. The minimum absolute atomic E-state index is 0.0131. The number of Topliss-reactive ketones (excluding diaryl/α,β-unsaturated/α-hetero) is 1. The van der Waals surface area contributed by atoms with Gasteiger partial charge in [0.15, 0.2) is 0 Å². The van der Waals surface area contributed by atoms with Crippen molar-refractivity contribution in [3.8, 4) is 10.4 Å². The first-order chi connectivity index (χ1) is 22.4. The van der Waals surface area contributed by atoms with E-state index in [9.17, 15) is 9.18 Å². The summed E-state index contributed by atoms with van der Waals surface area (Å²) < 4.78 is 27.0. The Kier molecular flexibility index (Phi) is 10.2. The first-order valence-electron chi connectivity index (χ1n) is 16.2. The number of carbonyl (C=O) groups excluding carboxylic acids is 1. The molecule has 0 bridgehead atoms. The predicted molar refractivity (Wildman–Crippen MR) is 184 cm³/mol. The molecule has 1 aromatic heterocycles. The highest BCUT2D eigenvalue weighted by molar-refractivity contribution is 7.15. The summed E-state index contributed by atoms with van der Waals surface area (Å²) >= 11 is 1.72. The van der Waals surface area contributed by atoms with E-state index in [2.05, 4.69) is 75.4 Å². The van der Waals surface area contributed by atoms with Crippen molar-refractivity contribution in [2.75, 3.05) is 0 Å². The molecule has 1 aliphatic carbocycles. The molecule has 6 rings (SSSR count). The van der Waals surface area contributed by atoms with Crippen LogP contribution in [0.5, 0.6) is 0 Å². The standard InChI is InChI=1S/C41H41FO3S/c1-4-36-28(3)40(44-25-29-11-7-5-8-12-29)41(45-26-30-13-9-6-10-14-30)38(39(36)43)32-16-15-27(2)33(23-32)24-35-21-22-37(46-35)31-17-19-34(42)20-18-31/h5-23,28,36,38,40-41H,4,24-26H2,1-3H3/t28-,36-,38?,40+,41+/m1/s1. The second kappa shape index (κ2) is 14.7. The van der Waals surface area contributed by atoms with Gasteiger partial charge in [0.05, 0.1) is 31.3 Å². The van der Waals surface area contributed by atoms with Crippen LogP contribution in [0.2, 0.25) is 0 Å². The van der Waals surface area contributed by atoms with Crippen molar-refractivity contribution in [2.24, 2.45) is 11.8 Å². The number of carbonyl (C=O) groups is 1. The van der Waals surface area contributed by atoms with Crippen molar-refractivity contribution in [3.63, 3.8) is 0 Å². The lowest BCUT2D eigenvalue weighted by Gasteiger charge is -2.45. The highest BCUT2D eigenvalue weighted by Crippen LogP contribution is 2.43. The van der Waals surface area contributed by atoms with E-state index in [1.807, 2.05) is 48.5 Å². The summed E-state index contributed by atoms with van der Waals surface area (Å²) in [5.74, 6) is -0.550. The molecule has 236 valence electrons. The lowest BCUT2D eigenvalue weighted by Crippen LogP contribution is -2.53. The van der Waals surface area contributed by atoms with E-state index in [0.29, 0.717) is 13.2 Å². The van der Waals surface area contributed by atoms with Gasteiger partial charge in [-0.1, -0.05) is 105 Å². The van der Waals surface area contributed by atoms with E-state index >= 15 is 0 Å². The molecular formula is C41H41FO3S. The van der Waals surface area contributed by atoms with E-state index in [-0.39, 0.29) is 29.5 Å².